The van der Waals surface area contributed by atoms with Crippen LogP contribution >= 0.6 is 0 Å². The Labute approximate surface area is 161 Å². The molecule has 0 bridgehead atoms. The SMILES string of the molecule is Cc1cc(-c2ccc(C3C(=O)NC(=O)N3c3ccc4c(c3)N=CC4)cc2)c[nH]1. The van der Waals surface area contributed by atoms with Gasteiger partial charge in [-0.15, -0.1) is 0 Å². The summed E-state index contributed by atoms with van der Waals surface area (Å²) in [6, 6.07) is 14.4. The highest BCUT2D eigenvalue weighted by atomic mass is 16.2. The lowest BCUT2D eigenvalue weighted by molar-refractivity contribution is -0.119. The molecule has 2 aliphatic heterocycles. The summed E-state index contributed by atoms with van der Waals surface area (Å²) in [5.41, 5.74) is 6.63. The van der Waals surface area contributed by atoms with Crippen LogP contribution in [0.2, 0.25) is 0 Å². The molecular weight excluding hydrogens is 352 g/mol. The van der Waals surface area contributed by atoms with E-state index in [1.807, 2.05) is 61.8 Å². The predicted octanol–water partition coefficient (Wildman–Crippen LogP) is 4.05. The number of benzene rings is 2. The van der Waals surface area contributed by atoms with Gasteiger partial charge in [-0.3, -0.25) is 20.0 Å². The van der Waals surface area contributed by atoms with Crippen LogP contribution in [0.1, 0.15) is 22.9 Å². The largest absolute Gasteiger partial charge is 0.365 e. The van der Waals surface area contributed by atoms with Gasteiger partial charge in [0.25, 0.3) is 5.91 Å². The minimum atomic E-state index is -0.696. The first-order valence-corrected chi connectivity index (χ1v) is 9.15. The molecule has 1 aromatic heterocycles. The highest BCUT2D eigenvalue weighted by Gasteiger charge is 2.40. The summed E-state index contributed by atoms with van der Waals surface area (Å²) in [6.07, 6.45) is 4.60. The maximum Gasteiger partial charge on any atom is 0.329 e. The second-order valence-corrected chi connectivity index (χ2v) is 7.09. The number of hydrogen-bond donors (Lipinski definition) is 2. The number of carbonyl (C=O) groups excluding carboxylic acids is 2. The number of carbonyl (C=O) groups is 2. The van der Waals surface area contributed by atoms with Gasteiger partial charge in [-0.25, -0.2) is 4.79 Å². The van der Waals surface area contributed by atoms with Crippen LogP contribution in [0.5, 0.6) is 0 Å². The summed E-state index contributed by atoms with van der Waals surface area (Å²) in [7, 11) is 0. The Bertz CT molecular complexity index is 1130. The van der Waals surface area contributed by atoms with Crippen molar-refractivity contribution < 1.29 is 9.59 Å². The van der Waals surface area contributed by atoms with Gasteiger partial charge < -0.3 is 4.98 Å². The lowest BCUT2D eigenvalue weighted by atomic mass is 10.0. The molecule has 5 rings (SSSR count). The third-order valence-electron chi connectivity index (χ3n) is 5.23. The van der Waals surface area contributed by atoms with Crippen LogP contribution in [0, 0.1) is 6.92 Å². The molecule has 1 unspecified atom stereocenters. The number of nitrogens with zero attached hydrogens (tertiary/aromatic N) is 2. The van der Waals surface area contributed by atoms with Crippen molar-refractivity contribution in [3.63, 3.8) is 0 Å². The van der Waals surface area contributed by atoms with E-state index in [4.69, 9.17) is 0 Å². The van der Waals surface area contributed by atoms with Gasteiger partial charge in [0, 0.05) is 30.2 Å². The minimum absolute atomic E-state index is 0.320. The highest BCUT2D eigenvalue weighted by Crippen LogP contribution is 2.36. The number of urea groups is 1. The minimum Gasteiger partial charge on any atom is -0.365 e. The Hall–Kier alpha value is -3.67. The first kappa shape index (κ1) is 16.5. The molecule has 0 saturated carbocycles. The van der Waals surface area contributed by atoms with Crippen LogP contribution in [-0.4, -0.2) is 23.1 Å². The van der Waals surface area contributed by atoms with Crippen molar-refractivity contribution in [2.75, 3.05) is 4.90 Å². The van der Waals surface area contributed by atoms with Crippen molar-refractivity contribution in [2.45, 2.75) is 19.4 Å². The van der Waals surface area contributed by atoms with Crippen LogP contribution < -0.4 is 10.2 Å². The molecule has 3 aromatic rings. The lowest BCUT2D eigenvalue weighted by Gasteiger charge is -2.22. The van der Waals surface area contributed by atoms with Crippen molar-refractivity contribution in [2.24, 2.45) is 4.99 Å². The fourth-order valence-corrected chi connectivity index (χ4v) is 3.81. The first-order chi connectivity index (χ1) is 13.6. The Balaban J connectivity index is 1.51. The van der Waals surface area contributed by atoms with E-state index in [2.05, 4.69) is 21.4 Å². The molecule has 3 heterocycles. The Morgan fingerprint density at radius 2 is 1.86 bits per heavy atom. The van der Waals surface area contributed by atoms with E-state index < -0.39 is 12.1 Å². The number of H-pyrrole nitrogens is 1. The summed E-state index contributed by atoms with van der Waals surface area (Å²) >= 11 is 0. The molecule has 1 fully saturated rings. The van der Waals surface area contributed by atoms with Crippen LogP contribution in [0.4, 0.5) is 16.2 Å². The van der Waals surface area contributed by atoms with Crippen molar-refractivity contribution in [3.8, 4) is 11.1 Å². The summed E-state index contributed by atoms with van der Waals surface area (Å²) in [4.78, 5) is 34.1. The van der Waals surface area contributed by atoms with E-state index in [0.717, 1.165) is 40.1 Å². The third-order valence-corrected chi connectivity index (χ3v) is 5.23. The first-order valence-electron chi connectivity index (χ1n) is 9.15. The number of aryl methyl sites for hydroxylation is 1. The molecule has 28 heavy (non-hydrogen) atoms. The highest BCUT2D eigenvalue weighted by molar-refractivity contribution is 6.14. The molecule has 0 aliphatic carbocycles. The monoisotopic (exact) mass is 370 g/mol. The van der Waals surface area contributed by atoms with Gasteiger partial charge in [-0.1, -0.05) is 30.3 Å². The zero-order valence-corrected chi connectivity index (χ0v) is 15.3. The van der Waals surface area contributed by atoms with Gasteiger partial charge in [0.05, 0.1) is 5.69 Å². The lowest BCUT2D eigenvalue weighted by Crippen LogP contribution is -2.29. The number of aromatic nitrogens is 1. The topological polar surface area (TPSA) is 77.6 Å². The number of nitrogens with one attached hydrogen (secondary N) is 2. The van der Waals surface area contributed by atoms with E-state index in [-0.39, 0.29) is 5.91 Å². The smallest absolute Gasteiger partial charge is 0.329 e. The zero-order valence-electron chi connectivity index (χ0n) is 15.3. The molecule has 6 heteroatoms. The van der Waals surface area contributed by atoms with E-state index in [9.17, 15) is 9.59 Å². The van der Waals surface area contributed by atoms with Gasteiger partial charge in [-0.2, -0.15) is 0 Å². The van der Waals surface area contributed by atoms with Gasteiger partial charge in [0.1, 0.15) is 6.04 Å². The standard InChI is InChI=1S/C22H18N4O2/c1-13-10-17(12-24-13)14-2-4-16(5-3-14)20-21(27)25-22(28)26(20)18-7-6-15-8-9-23-19(15)11-18/h2-7,9-12,20,24H,8H2,1H3,(H,25,27,28). The maximum absolute atomic E-state index is 12.6. The zero-order chi connectivity index (χ0) is 19.3. The van der Waals surface area contributed by atoms with Crippen LogP contribution in [0.25, 0.3) is 11.1 Å². The second-order valence-electron chi connectivity index (χ2n) is 7.09. The number of aliphatic imine (C=N–C) groups is 1. The Morgan fingerprint density at radius 3 is 2.61 bits per heavy atom. The number of anilines is 1. The van der Waals surface area contributed by atoms with Crippen molar-refractivity contribution >= 4 is 29.5 Å². The average molecular weight is 370 g/mol. The normalized spacial score (nSPS) is 17.9. The van der Waals surface area contributed by atoms with E-state index in [1.54, 1.807) is 0 Å². The second kappa shape index (κ2) is 6.20. The summed E-state index contributed by atoms with van der Waals surface area (Å²) in [5, 5.41) is 2.44. The van der Waals surface area contributed by atoms with Crippen LogP contribution in [-0.2, 0) is 11.2 Å². The molecular formula is C22H18N4O2. The van der Waals surface area contributed by atoms with Gasteiger partial charge in [0.15, 0.2) is 0 Å². The fraction of sp³-hybridized carbons (Fsp3) is 0.136. The molecule has 0 radical (unpaired) electrons. The predicted molar refractivity (Wildman–Crippen MR) is 108 cm³/mol. The van der Waals surface area contributed by atoms with E-state index in [1.165, 1.54) is 4.90 Å². The molecule has 6 nitrogen and oxygen atoms in total. The molecule has 0 spiro atoms. The van der Waals surface area contributed by atoms with Gasteiger partial charge in [-0.05, 0) is 47.4 Å². The summed E-state index contributed by atoms with van der Waals surface area (Å²) in [6.45, 7) is 2.00. The number of amides is 3. The summed E-state index contributed by atoms with van der Waals surface area (Å²) in [5.74, 6) is -0.320. The van der Waals surface area contributed by atoms with Crippen molar-refractivity contribution in [3.05, 3.63) is 71.5 Å². The number of hydrogen-bond acceptors (Lipinski definition) is 3. The molecule has 2 aliphatic rings. The maximum atomic E-state index is 12.6. The molecule has 1 saturated heterocycles. The summed E-state index contributed by atoms with van der Waals surface area (Å²) < 4.78 is 0. The number of aromatic amines is 1. The Morgan fingerprint density at radius 1 is 1.04 bits per heavy atom. The number of rotatable bonds is 3. The van der Waals surface area contributed by atoms with Crippen LogP contribution in [0.3, 0.4) is 0 Å². The van der Waals surface area contributed by atoms with Gasteiger partial charge in [0.2, 0.25) is 0 Å². The molecule has 2 N–H and O–H groups in total. The average Bonchev–Trinajstić information content (AvgIpc) is 3.40. The number of fused-ring (bicyclic) bond motifs is 1. The van der Waals surface area contributed by atoms with Gasteiger partial charge >= 0.3 is 6.03 Å². The quantitative estimate of drug-likeness (QED) is 0.683. The van der Waals surface area contributed by atoms with Crippen molar-refractivity contribution in [1.82, 2.24) is 10.3 Å². The molecule has 138 valence electrons. The van der Waals surface area contributed by atoms with E-state index in [0.29, 0.717) is 5.69 Å². The Kier molecular flexibility index (Phi) is 3.65. The van der Waals surface area contributed by atoms with Crippen molar-refractivity contribution in [1.29, 1.82) is 0 Å². The molecule has 3 amide bonds. The number of imide groups is 1. The van der Waals surface area contributed by atoms with E-state index >= 15 is 0 Å². The molecule has 2 aromatic carbocycles. The molecule has 1 atom stereocenters. The fourth-order valence-electron chi connectivity index (χ4n) is 3.81. The third kappa shape index (κ3) is 2.62. The van der Waals surface area contributed by atoms with Crippen LogP contribution in [0.15, 0.2) is 59.7 Å².